The molecule has 7 nitrogen and oxygen atoms in total. The summed E-state index contributed by atoms with van der Waals surface area (Å²) in [7, 11) is 0. The largest absolute Gasteiger partial charge is 0.334 e. The van der Waals surface area contributed by atoms with Gasteiger partial charge in [-0.15, -0.1) is 0 Å². The number of urea groups is 1. The predicted molar refractivity (Wildman–Crippen MR) is 106 cm³/mol. The SMILES string of the molecule is CC1(c2noc(-c3ccncc3)n2)CCCN(C(=O)Nc2ccccc2Cl)C1. The highest BCUT2D eigenvalue weighted by molar-refractivity contribution is 6.33. The van der Waals surface area contributed by atoms with E-state index in [-0.39, 0.29) is 11.4 Å². The van der Waals surface area contributed by atoms with Crippen LogP contribution < -0.4 is 5.32 Å². The second-order valence-corrected chi connectivity index (χ2v) is 7.56. The van der Waals surface area contributed by atoms with E-state index >= 15 is 0 Å². The van der Waals surface area contributed by atoms with E-state index in [1.165, 1.54) is 0 Å². The number of amides is 2. The highest BCUT2D eigenvalue weighted by atomic mass is 35.5. The highest BCUT2D eigenvalue weighted by Gasteiger charge is 2.38. The predicted octanol–water partition coefficient (Wildman–Crippen LogP) is 4.37. The minimum Gasteiger partial charge on any atom is -0.334 e. The Morgan fingerprint density at radius 1 is 1.25 bits per heavy atom. The van der Waals surface area contributed by atoms with E-state index in [1.807, 2.05) is 24.3 Å². The average Bonchev–Trinajstić information content (AvgIpc) is 3.22. The number of aromatic nitrogens is 3. The first-order valence-electron chi connectivity index (χ1n) is 9.10. The molecular formula is C20H20ClN5O2. The first-order chi connectivity index (χ1) is 13.5. The third-order valence-electron chi connectivity index (χ3n) is 4.99. The molecule has 28 heavy (non-hydrogen) atoms. The Balaban J connectivity index is 1.50. The zero-order valence-corrected chi connectivity index (χ0v) is 16.2. The van der Waals surface area contributed by atoms with Gasteiger partial charge < -0.3 is 14.7 Å². The summed E-state index contributed by atoms with van der Waals surface area (Å²) in [5.41, 5.74) is 1.03. The molecule has 1 fully saturated rings. The molecule has 1 unspecified atom stereocenters. The fourth-order valence-electron chi connectivity index (χ4n) is 3.43. The van der Waals surface area contributed by atoms with Crippen LogP contribution in [0.4, 0.5) is 10.5 Å². The third-order valence-corrected chi connectivity index (χ3v) is 5.32. The van der Waals surface area contributed by atoms with E-state index < -0.39 is 0 Å². The quantitative estimate of drug-likeness (QED) is 0.709. The van der Waals surface area contributed by atoms with Crippen molar-refractivity contribution >= 4 is 23.3 Å². The minimum absolute atomic E-state index is 0.183. The summed E-state index contributed by atoms with van der Waals surface area (Å²) in [5.74, 6) is 1.06. The van der Waals surface area contributed by atoms with Gasteiger partial charge in [0.1, 0.15) is 0 Å². The van der Waals surface area contributed by atoms with Crippen LogP contribution >= 0.6 is 11.6 Å². The number of pyridine rings is 1. The van der Waals surface area contributed by atoms with E-state index in [0.717, 1.165) is 18.4 Å². The number of nitrogens with one attached hydrogen (secondary N) is 1. The Bertz CT molecular complexity index is 977. The van der Waals surface area contributed by atoms with Gasteiger partial charge >= 0.3 is 6.03 Å². The van der Waals surface area contributed by atoms with E-state index in [9.17, 15) is 4.79 Å². The molecule has 8 heteroatoms. The Kier molecular flexibility index (Phi) is 5.00. The molecular weight excluding hydrogens is 378 g/mol. The van der Waals surface area contributed by atoms with Crippen LogP contribution in [0.25, 0.3) is 11.5 Å². The molecule has 0 spiro atoms. The van der Waals surface area contributed by atoms with E-state index in [4.69, 9.17) is 16.1 Å². The lowest BCUT2D eigenvalue weighted by molar-refractivity contribution is 0.161. The van der Waals surface area contributed by atoms with Gasteiger partial charge in [0.2, 0.25) is 0 Å². The van der Waals surface area contributed by atoms with Crippen LogP contribution in [0.5, 0.6) is 0 Å². The van der Waals surface area contributed by atoms with Crippen LogP contribution in [0.1, 0.15) is 25.6 Å². The van der Waals surface area contributed by atoms with Crippen LogP contribution in [0.15, 0.2) is 53.3 Å². The number of piperidine rings is 1. The van der Waals surface area contributed by atoms with Gasteiger partial charge in [0.15, 0.2) is 5.82 Å². The molecule has 3 aromatic rings. The summed E-state index contributed by atoms with van der Waals surface area (Å²) in [4.78, 5) is 23.1. The molecule has 0 radical (unpaired) electrons. The molecule has 0 bridgehead atoms. The normalized spacial score (nSPS) is 19.4. The summed E-state index contributed by atoms with van der Waals surface area (Å²) in [5, 5.41) is 7.59. The Morgan fingerprint density at radius 3 is 2.82 bits per heavy atom. The second kappa shape index (κ2) is 7.59. The number of carbonyl (C=O) groups is 1. The van der Waals surface area contributed by atoms with Gasteiger partial charge in [0, 0.05) is 36.5 Å². The maximum absolute atomic E-state index is 12.8. The molecule has 1 aromatic carbocycles. The van der Waals surface area contributed by atoms with Crippen molar-refractivity contribution in [3.8, 4) is 11.5 Å². The monoisotopic (exact) mass is 397 g/mol. The first kappa shape index (κ1) is 18.4. The van der Waals surface area contributed by atoms with Crippen molar-refractivity contribution in [2.24, 2.45) is 0 Å². The molecule has 1 aliphatic rings. The number of hydrogen-bond donors (Lipinski definition) is 1. The molecule has 1 aliphatic heterocycles. The van der Waals surface area contributed by atoms with Crippen molar-refractivity contribution in [3.63, 3.8) is 0 Å². The summed E-state index contributed by atoms with van der Waals surface area (Å²) in [6.07, 6.45) is 5.09. The Hall–Kier alpha value is -2.93. The molecule has 4 rings (SSSR count). The number of halogens is 1. The second-order valence-electron chi connectivity index (χ2n) is 7.15. The number of rotatable bonds is 3. The third kappa shape index (κ3) is 3.71. The smallest absolute Gasteiger partial charge is 0.321 e. The molecule has 1 saturated heterocycles. The Labute approximate surface area is 167 Å². The fraction of sp³-hybridized carbons (Fsp3) is 0.300. The fourth-order valence-corrected chi connectivity index (χ4v) is 3.62. The van der Waals surface area contributed by atoms with Crippen molar-refractivity contribution < 1.29 is 9.32 Å². The number of benzene rings is 1. The zero-order valence-electron chi connectivity index (χ0n) is 15.4. The van der Waals surface area contributed by atoms with E-state index in [1.54, 1.807) is 29.4 Å². The molecule has 144 valence electrons. The molecule has 1 N–H and O–H groups in total. The summed E-state index contributed by atoms with van der Waals surface area (Å²) in [6, 6.07) is 10.7. The van der Waals surface area contributed by atoms with Crippen LogP contribution in [0.2, 0.25) is 5.02 Å². The van der Waals surface area contributed by atoms with Crippen molar-refractivity contribution in [1.29, 1.82) is 0 Å². The highest BCUT2D eigenvalue weighted by Crippen LogP contribution is 2.33. The lowest BCUT2D eigenvalue weighted by Gasteiger charge is -2.38. The molecule has 2 aromatic heterocycles. The van der Waals surface area contributed by atoms with E-state index in [2.05, 4.69) is 27.4 Å². The van der Waals surface area contributed by atoms with Gasteiger partial charge in [-0.2, -0.15) is 4.98 Å². The molecule has 1 atom stereocenters. The number of para-hydroxylation sites is 1. The minimum atomic E-state index is -0.384. The van der Waals surface area contributed by atoms with Gasteiger partial charge in [-0.3, -0.25) is 4.98 Å². The van der Waals surface area contributed by atoms with Crippen LogP contribution in [0.3, 0.4) is 0 Å². The first-order valence-corrected chi connectivity index (χ1v) is 9.48. The summed E-state index contributed by atoms with van der Waals surface area (Å²) >= 11 is 6.15. The summed E-state index contributed by atoms with van der Waals surface area (Å²) < 4.78 is 5.45. The maximum atomic E-state index is 12.8. The van der Waals surface area contributed by atoms with Crippen molar-refractivity contribution in [2.45, 2.75) is 25.2 Å². The number of carbonyl (C=O) groups excluding carboxylic acids is 1. The zero-order chi connectivity index (χ0) is 19.6. The number of likely N-dealkylation sites (tertiary alicyclic amines) is 1. The molecule has 3 heterocycles. The topological polar surface area (TPSA) is 84.2 Å². The van der Waals surface area contributed by atoms with Gasteiger partial charge in [-0.1, -0.05) is 35.8 Å². The van der Waals surface area contributed by atoms with Gasteiger partial charge in [-0.05, 0) is 37.1 Å². The average molecular weight is 398 g/mol. The van der Waals surface area contributed by atoms with Gasteiger partial charge in [0.25, 0.3) is 5.89 Å². The van der Waals surface area contributed by atoms with Gasteiger partial charge in [-0.25, -0.2) is 4.79 Å². The standard InChI is InChI=1S/C20H20ClN5O2/c1-20(18-24-17(28-25-18)14-7-10-22-11-8-14)9-4-12-26(13-20)19(27)23-16-6-3-2-5-15(16)21/h2-3,5-8,10-11H,4,9,12-13H2,1H3,(H,23,27). The van der Waals surface area contributed by atoms with Crippen molar-refractivity contribution in [3.05, 3.63) is 59.6 Å². The van der Waals surface area contributed by atoms with Gasteiger partial charge in [0.05, 0.1) is 10.7 Å². The molecule has 0 aliphatic carbocycles. The maximum Gasteiger partial charge on any atom is 0.321 e. The number of hydrogen-bond acceptors (Lipinski definition) is 5. The molecule has 2 amide bonds. The van der Waals surface area contributed by atoms with Crippen LogP contribution in [-0.2, 0) is 5.41 Å². The lowest BCUT2D eigenvalue weighted by Crippen LogP contribution is -2.49. The van der Waals surface area contributed by atoms with Crippen LogP contribution in [-0.4, -0.2) is 39.1 Å². The number of anilines is 1. The van der Waals surface area contributed by atoms with E-state index in [0.29, 0.717) is 35.5 Å². The number of nitrogens with zero attached hydrogens (tertiary/aromatic N) is 4. The lowest BCUT2D eigenvalue weighted by atomic mass is 9.81. The van der Waals surface area contributed by atoms with Crippen molar-refractivity contribution in [1.82, 2.24) is 20.0 Å². The summed E-state index contributed by atoms with van der Waals surface area (Å²) in [6.45, 7) is 3.22. The van der Waals surface area contributed by atoms with Crippen LogP contribution in [0, 0.1) is 0 Å². The van der Waals surface area contributed by atoms with Crippen molar-refractivity contribution in [2.75, 3.05) is 18.4 Å². The molecule has 0 saturated carbocycles. The Morgan fingerprint density at radius 2 is 2.04 bits per heavy atom.